The lowest BCUT2D eigenvalue weighted by atomic mass is 9.98. The third-order valence-electron chi connectivity index (χ3n) is 6.07. The molecule has 0 aliphatic carbocycles. The van der Waals surface area contributed by atoms with Crippen molar-refractivity contribution in [2.24, 2.45) is 0 Å². The summed E-state index contributed by atoms with van der Waals surface area (Å²) in [5.41, 5.74) is 0.829. The van der Waals surface area contributed by atoms with Crippen LogP contribution in [0, 0.1) is 0 Å². The van der Waals surface area contributed by atoms with Crippen molar-refractivity contribution in [1.29, 1.82) is 0 Å². The normalized spacial score (nSPS) is 21.7. The van der Waals surface area contributed by atoms with Crippen molar-refractivity contribution in [3.63, 3.8) is 0 Å². The Bertz CT molecular complexity index is 1550. The van der Waals surface area contributed by atoms with E-state index in [0.29, 0.717) is 10.9 Å². The third kappa shape index (κ3) is 7.25. The van der Waals surface area contributed by atoms with Crippen LogP contribution in [-0.4, -0.2) is 61.2 Å². The number of halogens is 1. The molecule has 0 radical (unpaired) electrons. The highest BCUT2D eigenvalue weighted by atomic mass is 35.5. The third-order valence-corrected chi connectivity index (χ3v) is 6.37. The molecule has 1 aliphatic rings. The van der Waals surface area contributed by atoms with Crippen molar-refractivity contribution in [3.8, 4) is 16.9 Å². The topological polar surface area (TPSA) is 154 Å². The van der Waals surface area contributed by atoms with Crippen molar-refractivity contribution in [3.05, 3.63) is 64.0 Å². The molecule has 2 aromatic carbocycles. The molecule has 0 unspecified atom stereocenters. The molecule has 0 bridgehead atoms. The van der Waals surface area contributed by atoms with Gasteiger partial charge in [-0.15, -0.1) is 0 Å². The van der Waals surface area contributed by atoms with Crippen LogP contribution in [0.15, 0.2) is 57.7 Å². The van der Waals surface area contributed by atoms with E-state index in [4.69, 9.17) is 44.4 Å². The molecule has 4 rings (SSSR count). The zero-order valence-electron chi connectivity index (χ0n) is 23.0. The average molecular weight is 603 g/mol. The molecule has 42 heavy (non-hydrogen) atoms. The summed E-state index contributed by atoms with van der Waals surface area (Å²) in [6.07, 6.45) is -7.01. The van der Waals surface area contributed by atoms with E-state index >= 15 is 0 Å². The highest BCUT2D eigenvalue weighted by molar-refractivity contribution is 6.33. The lowest BCUT2D eigenvalue weighted by Crippen LogP contribution is -2.63. The van der Waals surface area contributed by atoms with Crippen LogP contribution >= 0.6 is 11.6 Å². The van der Waals surface area contributed by atoms with Gasteiger partial charge in [-0.2, -0.15) is 0 Å². The Morgan fingerprint density at radius 1 is 0.810 bits per heavy atom. The first-order valence-electron chi connectivity index (χ1n) is 12.7. The van der Waals surface area contributed by atoms with E-state index in [9.17, 15) is 24.0 Å². The second kappa shape index (κ2) is 13.0. The Balaban J connectivity index is 1.78. The summed E-state index contributed by atoms with van der Waals surface area (Å²) in [6.45, 7) is 4.06. The van der Waals surface area contributed by atoms with E-state index in [2.05, 4.69) is 0 Å². The van der Waals surface area contributed by atoms with Crippen molar-refractivity contribution >= 4 is 46.4 Å². The smallest absolute Gasteiger partial charge is 0.336 e. The molecule has 0 amide bonds. The molecule has 1 fully saturated rings. The van der Waals surface area contributed by atoms with Crippen LogP contribution < -0.4 is 10.4 Å². The molecule has 0 saturated carbocycles. The molecule has 12 nitrogen and oxygen atoms in total. The summed E-state index contributed by atoms with van der Waals surface area (Å²) in [5.74, 6) is -3.06. The van der Waals surface area contributed by atoms with Gasteiger partial charge in [-0.1, -0.05) is 41.9 Å². The average Bonchev–Trinajstić information content (AvgIpc) is 2.91. The summed E-state index contributed by atoms with van der Waals surface area (Å²) >= 11 is 6.60. The van der Waals surface area contributed by atoms with Gasteiger partial charge < -0.3 is 32.8 Å². The molecule has 1 aromatic heterocycles. The number of ether oxygens (including phenoxy) is 6. The van der Waals surface area contributed by atoms with Crippen molar-refractivity contribution < 1.29 is 52.0 Å². The van der Waals surface area contributed by atoms with Gasteiger partial charge in [0.1, 0.15) is 24.0 Å². The molecule has 2 heterocycles. The second-order valence-electron chi connectivity index (χ2n) is 9.31. The Labute approximate surface area is 244 Å². The number of carbonyl (C=O) groups is 4. The fourth-order valence-corrected chi connectivity index (χ4v) is 4.73. The number of carbonyl (C=O) groups excluding carboxylic acids is 4. The first-order chi connectivity index (χ1) is 19.9. The highest BCUT2D eigenvalue weighted by Gasteiger charge is 2.53. The number of rotatable bonds is 8. The van der Waals surface area contributed by atoms with Gasteiger partial charge in [0.25, 0.3) is 0 Å². The number of hydrogen-bond donors (Lipinski definition) is 0. The molecule has 222 valence electrons. The van der Waals surface area contributed by atoms with Crippen LogP contribution in [0.5, 0.6) is 5.75 Å². The fourth-order valence-electron chi connectivity index (χ4n) is 4.52. The van der Waals surface area contributed by atoms with Gasteiger partial charge in [0.05, 0.1) is 5.02 Å². The van der Waals surface area contributed by atoms with E-state index in [1.807, 2.05) is 30.3 Å². The minimum Gasteiger partial charge on any atom is -0.463 e. The van der Waals surface area contributed by atoms with Gasteiger partial charge in [0, 0.05) is 45.2 Å². The number of fused-ring (bicyclic) bond motifs is 1. The Kier molecular flexibility index (Phi) is 9.48. The van der Waals surface area contributed by atoms with Gasteiger partial charge in [-0.05, 0) is 17.2 Å². The molecular weight excluding hydrogens is 576 g/mol. The SMILES string of the molecule is CC(=O)OC[C@H]1O[C@@H](Oc2cc3oc(=O)cc(-c4ccccc4)c3cc2Cl)[C@H](OC(C)=O)[C@@H](OC(C)=O)[C@@H]1OC(C)=O. The van der Waals surface area contributed by atoms with Gasteiger partial charge in [0.15, 0.2) is 12.2 Å². The second-order valence-corrected chi connectivity index (χ2v) is 9.72. The highest BCUT2D eigenvalue weighted by Crippen LogP contribution is 2.37. The Morgan fingerprint density at radius 3 is 2.05 bits per heavy atom. The Hall–Kier alpha value is -4.42. The summed E-state index contributed by atoms with van der Waals surface area (Å²) in [5, 5.41) is 0.584. The standard InChI is InChI=1S/C29H27ClO12/c1-14(31)36-13-24-26(37-15(2)32)27(38-16(3)33)28(39-17(4)34)29(42-24)41-23-12-22-20(10-21(23)30)19(11-25(35)40-22)18-8-6-5-7-9-18/h5-12,24,26-29H,13H2,1-4H3/t24-,26-,27+,28-,29-/m1/s1. The van der Waals surface area contributed by atoms with Crippen LogP contribution in [0.1, 0.15) is 27.7 Å². The largest absolute Gasteiger partial charge is 0.463 e. The van der Waals surface area contributed by atoms with Gasteiger partial charge in [-0.3, -0.25) is 19.2 Å². The Morgan fingerprint density at radius 2 is 1.43 bits per heavy atom. The molecule has 0 spiro atoms. The lowest BCUT2D eigenvalue weighted by Gasteiger charge is -2.43. The number of hydrogen-bond acceptors (Lipinski definition) is 12. The maximum absolute atomic E-state index is 12.4. The van der Waals surface area contributed by atoms with Crippen LogP contribution in [0.25, 0.3) is 22.1 Å². The fraction of sp³-hybridized carbons (Fsp3) is 0.345. The number of esters is 4. The summed E-state index contributed by atoms with van der Waals surface area (Å²) < 4.78 is 38.7. The first-order valence-corrected chi connectivity index (χ1v) is 13.1. The van der Waals surface area contributed by atoms with E-state index in [0.717, 1.165) is 33.3 Å². The maximum atomic E-state index is 12.4. The van der Waals surface area contributed by atoms with Crippen LogP contribution in [0.3, 0.4) is 0 Å². The van der Waals surface area contributed by atoms with Crippen LogP contribution in [0.2, 0.25) is 5.02 Å². The van der Waals surface area contributed by atoms with E-state index in [1.54, 1.807) is 0 Å². The predicted octanol–water partition coefficient (Wildman–Crippen LogP) is 3.58. The van der Waals surface area contributed by atoms with Crippen molar-refractivity contribution in [2.45, 2.75) is 58.4 Å². The van der Waals surface area contributed by atoms with E-state index in [1.165, 1.54) is 18.2 Å². The van der Waals surface area contributed by atoms with Crippen molar-refractivity contribution in [1.82, 2.24) is 0 Å². The summed E-state index contributed by atoms with van der Waals surface area (Å²) in [4.78, 5) is 60.1. The minimum absolute atomic E-state index is 0.0431. The molecular formula is C29H27ClO12. The van der Waals surface area contributed by atoms with Crippen LogP contribution in [0.4, 0.5) is 0 Å². The number of benzene rings is 2. The van der Waals surface area contributed by atoms with Crippen molar-refractivity contribution in [2.75, 3.05) is 6.61 Å². The first kappa shape index (κ1) is 30.5. The van der Waals surface area contributed by atoms with Gasteiger partial charge >= 0.3 is 29.5 Å². The quantitative estimate of drug-likeness (QED) is 0.210. The molecule has 5 atom stereocenters. The van der Waals surface area contributed by atoms with Gasteiger partial charge in [-0.25, -0.2) is 4.79 Å². The lowest BCUT2D eigenvalue weighted by molar-refractivity contribution is -0.288. The monoisotopic (exact) mass is 602 g/mol. The molecule has 0 N–H and O–H groups in total. The zero-order chi connectivity index (χ0) is 30.6. The summed E-state index contributed by atoms with van der Waals surface area (Å²) in [6, 6.07) is 13.4. The summed E-state index contributed by atoms with van der Waals surface area (Å²) in [7, 11) is 0. The van der Waals surface area contributed by atoms with Gasteiger partial charge in [0.2, 0.25) is 12.4 Å². The predicted molar refractivity (Wildman–Crippen MR) is 146 cm³/mol. The molecule has 3 aromatic rings. The molecule has 13 heteroatoms. The van der Waals surface area contributed by atoms with E-state index in [-0.39, 0.29) is 16.4 Å². The molecule has 1 aliphatic heterocycles. The minimum atomic E-state index is -1.52. The molecule has 1 saturated heterocycles. The van der Waals surface area contributed by atoms with E-state index < -0.39 is 66.8 Å². The van der Waals surface area contributed by atoms with Crippen LogP contribution in [-0.2, 0) is 42.9 Å². The maximum Gasteiger partial charge on any atom is 0.336 e. The zero-order valence-corrected chi connectivity index (χ0v) is 23.7.